The van der Waals surface area contributed by atoms with Crippen LogP contribution in [0.25, 0.3) is 0 Å². The number of hydrogen-bond acceptors (Lipinski definition) is 1. The molecule has 0 N–H and O–H groups in total. The van der Waals surface area contributed by atoms with Gasteiger partial charge in [0.1, 0.15) is 0 Å². The highest BCUT2D eigenvalue weighted by molar-refractivity contribution is 7.12. The van der Waals surface area contributed by atoms with E-state index in [0.29, 0.717) is 0 Å². The van der Waals surface area contributed by atoms with Gasteiger partial charge in [0.05, 0.1) is 0 Å². The van der Waals surface area contributed by atoms with Crippen LogP contribution in [0.1, 0.15) is 73.6 Å². The molecule has 1 aromatic rings. The molecule has 0 unspecified atom stereocenters. The van der Waals surface area contributed by atoms with Gasteiger partial charge in [-0.15, -0.1) is 11.3 Å². The summed E-state index contributed by atoms with van der Waals surface area (Å²) in [5.74, 6) is 0. The minimum atomic E-state index is 1.30. The van der Waals surface area contributed by atoms with Crippen LogP contribution in [0.15, 0.2) is 6.07 Å². The van der Waals surface area contributed by atoms with Crippen molar-refractivity contribution >= 4 is 11.3 Å². The quantitative estimate of drug-likeness (QED) is 0.469. The lowest BCUT2D eigenvalue weighted by molar-refractivity contribution is 0.575. The molecule has 0 aliphatic rings. The predicted octanol–water partition coefficient (Wildman–Crippen LogP) is 6.05. The molecular weight excluding hydrogens is 224 g/mol. The van der Waals surface area contributed by atoms with Crippen LogP contribution in [0.2, 0.25) is 0 Å². The highest BCUT2D eigenvalue weighted by Crippen LogP contribution is 2.22. The minimum Gasteiger partial charge on any atom is -0.146 e. The van der Waals surface area contributed by atoms with Crippen LogP contribution in [0.5, 0.6) is 0 Å². The molecule has 0 aliphatic heterocycles. The van der Waals surface area contributed by atoms with E-state index in [2.05, 4.69) is 26.8 Å². The lowest BCUT2D eigenvalue weighted by Gasteiger charge is -2.02. The Labute approximate surface area is 111 Å². The molecule has 0 fully saturated rings. The molecule has 1 rings (SSSR count). The van der Waals surface area contributed by atoms with E-state index in [4.69, 9.17) is 0 Å². The third kappa shape index (κ3) is 6.26. The van der Waals surface area contributed by atoms with Crippen molar-refractivity contribution in [3.8, 4) is 0 Å². The molecule has 0 aromatic carbocycles. The van der Waals surface area contributed by atoms with Crippen molar-refractivity contribution in [3.63, 3.8) is 0 Å². The van der Waals surface area contributed by atoms with Crippen molar-refractivity contribution in [1.29, 1.82) is 0 Å². The smallest absolute Gasteiger partial charge is 0.00490 e. The third-order valence-corrected chi connectivity index (χ3v) is 4.45. The molecule has 0 nitrogen and oxygen atoms in total. The molecule has 0 bridgehead atoms. The number of rotatable bonds is 9. The molecule has 17 heavy (non-hydrogen) atoms. The molecule has 0 radical (unpaired) electrons. The Morgan fingerprint density at radius 3 is 2.00 bits per heavy atom. The third-order valence-electron chi connectivity index (χ3n) is 3.44. The van der Waals surface area contributed by atoms with Gasteiger partial charge >= 0.3 is 0 Å². The zero-order valence-corrected chi connectivity index (χ0v) is 12.7. The Morgan fingerprint density at radius 2 is 1.47 bits per heavy atom. The highest BCUT2D eigenvalue weighted by atomic mass is 32.1. The molecule has 0 amide bonds. The fourth-order valence-electron chi connectivity index (χ4n) is 2.38. The molecule has 0 spiro atoms. The van der Waals surface area contributed by atoms with Gasteiger partial charge in [-0.3, -0.25) is 0 Å². The maximum absolute atomic E-state index is 2.38. The maximum Gasteiger partial charge on any atom is 0.00490 e. The molecule has 1 heteroatoms. The summed E-state index contributed by atoms with van der Waals surface area (Å²) < 4.78 is 0. The standard InChI is InChI=1S/C16H28S/c1-4-5-6-7-8-9-10-11-12-16-13-14(2)17-15(16)3/h13H,4-12H2,1-3H3. The van der Waals surface area contributed by atoms with E-state index in [1.807, 2.05) is 11.3 Å². The Kier molecular flexibility index (Phi) is 7.59. The van der Waals surface area contributed by atoms with Crippen LogP contribution < -0.4 is 0 Å². The molecule has 1 aromatic heterocycles. The molecule has 0 atom stereocenters. The SMILES string of the molecule is CCCCCCCCCCc1cc(C)sc1C. The van der Waals surface area contributed by atoms with E-state index in [1.54, 1.807) is 5.56 Å². The molecule has 0 aliphatic carbocycles. The summed E-state index contributed by atoms with van der Waals surface area (Å²) in [6.45, 7) is 6.76. The van der Waals surface area contributed by atoms with Gasteiger partial charge in [0.25, 0.3) is 0 Å². The van der Waals surface area contributed by atoms with E-state index >= 15 is 0 Å². The summed E-state index contributed by atoms with van der Waals surface area (Å²) in [4.78, 5) is 3.00. The average molecular weight is 252 g/mol. The highest BCUT2D eigenvalue weighted by Gasteiger charge is 2.02. The zero-order valence-electron chi connectivity index (χ0n) is 11.8. The van der Waals surface area contributed by atoms with Crippen molar-refractivity contribution in [2.24, 2.45) is 0 Å². The summed E-state index contributed by atoms with van der Waals surface area (Å²) in [6.07, 6.45) is 12.7. The molecular formula is C16H28S. The number of hydrogen-bond donors (Lipinski definition) is 0. The van der Waals surface area contributed by atoms with Crippen LogP contribution in [-0.4, -0.2) is 0 Å². The molecule has 0 saturated heterocycles. The van der Waals surface area contributed by atoms with Gasteiger partial charge in [-0.05, 0) is 38.3 Å². The Bertz CT molecular complexity index is 298. The first-order chi connectivity index (χ1) is 8.24. The van der Waals surface area contributed by atoms with Crippen LogP contribution in [-0.2, 0) is 6.42 Å². The lowest BCUT2D eigenvalue weighted by atomic mass is 10.0. The fourth-order valence-corrected chi connectivity index (χ4v) is 3.36. The van der Waals surface area contributed by atoms with E-state index < -0.39 is 0 Å². The first-order valence-electron chi connectivity index (χ1n) is 7.30. The number of aryl methyl sites for hydroxylation is 3. The largest absolute Gasteiger partial charge is 0.146 e. The lowest BCUT2D eigenvalue weighted by Crippen LogP contribution is -1.86. The first kappa shape index (κ1) is 14.8. The summed E-state index contributed by atoms with van der Waals surface area (Å²) in [5, 5.41) is 0. The Morgan fingerprint density at radius 1 is 0.882 bits per heavy atom. The van der Waals surface area contributed by atoms with Crippen LogP contribution in [0.3, 0.4) is 0 Å². The van der Waals surface area contributed by atoms with E-state index in [1.165, 1.54) is 67.5 Å². The van der Waals surface area contributed by atoms with E-state index in [9.17, 15) is 0 Å². The van der Waals surface area contributed by atoms with Crippen molar-refractivity contribution in [2.75, 3.05) is 0 Å². The second-order valence-electron chi connectivity index (χ2n) is 5.16. The van der Waals surface area contributed by atoms with Gasteiger partial charge in [0.15, 0.2) is 0 Å². The van der Waals surface area contributed by atoms with Gasteiger partial charge in [-0.2, -0.15) is 0 Å². The molecule has 98 valence electrons. The first-order valence-corrected chi connectivity index (χ1v) is 8.11. The average Bonchev–Trinajstić information content (AvgIpc) is 2.61. The normalized spacial score (nSPS) is 11.0. The molecule has 0 saturated carbocycles. The topological polar surface area (TPSA) is 0 Å². The predicted molar refractivity (Wildman–Crippen MR) is 80.1 cm³/mol. The van der Waals surface area contributed by atoms with Gasteiger partial charge in [0.2, 0.25) is 0 Å². The van der Waals surface area contributed by atoms with Crippen molar-refractivity contribution < 1.29 is 0 Å². The second-order valence-corrected chi connectivity index (χ2v) is 6.62. The zero-order chi connectivity index (χ0) is 12.5. The Balaban J connectivity index is 1.99. The maximum atomic E-state index is 2.38. The number of unbranched alkanes of at least 4 members (excludes halogenated alkanes) is 7. The van der Waals surface area contributed by atoms with Crippen molar-refractivity contribution in [2.45, 2.75) is 78.6 Å². The summed E-state index contributed by atoms with van der Waals surface area (Å²) in [5.41, 5.74) is 1.60. The second kappa shape index (κ2) is 8.74. The van der Waals surface area contributed by atoms with Crippen LogP contribution in [0.4, 0.5) is 0 Å². The summed E-state index contributed by atoms with van der Waals surface area (Å²) >= 11 is 1.95. The summed E-state index contributed by atoms with van der Waals surface area (Å²) in [6, 6.07) is 2.38. The van der Waals surface area contributed by atoms with Gasteiger partial charge in [0, 0.05) is 9.75 Å². The van der Waals surface area contributed by atoms with Gasteiger partial charge in [-0.25, -0.2) is 0 Å². The monoisotopic (exact) mass is 252 g/mol. The van der Waals surface area contributed by atoms with E-state index in [0.717, 1.165) is 0 Å². The van der Waals surface area contributed by atoms with Gasteiger partial charge < -0.3 is 0 Å². The summed E-state index contributed by atoms with van der Waals surface area (Å²) in [7, 11) is 0. The molecule has 1 heterocycles. The van der Waals surface area contributed by atoms with Crippen molar-refractivity contribution in [1.82, 2.24) is 0 Å². The van der Waals surface area contributed by atoms with Crippen LogP contribution in [0, 0.1) is 13.8 Å². The van der Waals surface area contributed by atoms with Gasteiger partial charge in [-0.1, -0.05) is 51.9 Å². The fraction of sp³-hybridized carbons (Fsp3) is 0.750. The van der Waals surface area contributed by atoms with Crippen LogP contribution >= 0.6 is 11.3 Å². The van der Waals surface area contributed by atoms with Crippen molar-refractivity contribution in [3.05, 3.63) is 21.4 Å². The Hall–Kier alpha value is -0.300. The number of thiophene rings is 1. The van der Waals surface area contributed by atoms with E-state index in [-0.39, 0.29) is 0 Å². The minimum absolute atomic E-state index is 1.30.